The van der Waals surface area contributed by atoms with Crippen molar-refractivity contribution in [2.24, 2.45) is 9.98 Å². The number of benzene rings is 2. The van der Waals surface area contributed by atoms with E-state index in [0.29, 0.717) is 44.7 Å². The van der Waals surface area contributed by atoms with Crippen molar-refractivity contribution in [1.29, 1.82) is 10.5 Å². The number of aromatic nitrogens is 2. The van der Waals surface area contributed by atoms with Crippen LogP contribution >= 0.6 is 0 Å². The van der Waals surface area contributed by atoms with Crippen LogP contribution in [-0.4, -0.2) is 36.3 Å². The van der Waals surface area contributed by atoms with Gasteiger partial charge in [0.15, 0.2) is 0 Å². The number of hydrogen-bond acceptors (Lipinski definition) is 4. The number of nitriles is 2. The molecule has 2 aliphatic rings. The maximum Gasteiger partial charge on any atom is 0.234 e. The third kappa shape index (κ3) is 3.17. The first-order valence-corrected chi connectivity index (χ1v) is 13.2. The van der Waals surface area contributed by atoms with Gasteiger partial charge in [0.25, 0.3) is 0 Å². The third-order valence-corrected chi connectivity index (χ3v) is 8.63. The van der Waals surface area contributed by atoms with Gasteiger partial charge < -0.3 is 8.96 Å². The summed E-state index contributed by atoms with van der Waals surface area (Å²) in [7, 11) is 13.4. The minimum atomic E-state index is -0.507. The lowest BCUT2D eigenvalue weighted by atomic mass is 9.78. The van der Waals surface area contributed by atoms with E-state index < -0.39 is 10.8 Å². The van der Waals surface area contributed by atoms with Gasteiger partial charge in [-0.25, -0.2) is 0 Å². The summed E-state index contributed by atoms with van der Waals surface area (Å²) >= 11 is 0. The molecule has 6 rings (SSSR count). The predicted octanol–water partition coefficient (Wildman–Crippen LogP) is 4.40. The molecule has 4 heterocycles. The minimum Gasteiger partial charge on any atom is -0.399 e. The molecule has 2 aromatic heterocycles. The van der Waals surface area contributed by atoms with E-state index >= 15 is 0 Å². The van der Waals surface area contributed by atoms with Crippen molar-refractivity contribution in [3.8, 4) is 12.1 Å². The smallest absolute Gasteiger partial charge is 0.234 e. The van der Waals surface area contributed by atoms with Crippen LogP contribution in [0.5, 0.6) is 0 Å². The molecule has 0 N–H and O–H groups in total. The van der Waals surface area contributed by atoms with Crippen molar-refractivity contribution < 1.29 is 0 Å². The molecule has 0 amide bonds. The Morgan fingerprint density at radius 2 is 1.02 bits per heavy atom. The van der Waals surface area contributed by atoms with Crippen molar-refractivity contribution in [2.75, 3.05) is 0 Å². The molecule has 0 saturated heterocycles. The van der Waals surface area contributed by atoms with E-state index in [0.717, 1.165) is 33.3 Å². The fraction of sp³-hybridized carbons (Fsp3) is 0.250. The zero-order valence-corrected chi connectivity index (χ0v) is 23.5. The van der Waals surface area contributed by atoms with Crippen molar-refractivity contribution in [1.82, 2.24) is 8.96 Å². The molecule has 40 heavy (non-hydrogen) atoms. The summed E-state index contributed by atoms with van der Waals surface area (Å²) in [5.74, 6) is 0. The molecular weight excluding hydrogens is 490 g/mol. The first-order valence-electron chi connectivity index (χ1n) is 13.2. The van der Waals surface area contributed by atoms with Gasteiger partial charge in [-0.15, -0.1) is 0 Å². The van der Waals surface area contributed by atoms with Crippen LogP contribution in [0.4, 0.5) is 11.4 Å². The molecule has 4 radical (unpaired) electrons. The van der Waals surface area contributed by atoms with E-state index in [1.165, 1.54) is 8.96 Å². The highest BCUT2D eigenvalue weighted by Gasteiger charge is 2.39. The van der Waals surface area contributed by atoms with Gasteiger partial charge in [-0.1, -0.05) is 64.1 Å². The maximum absolute atomic E-state index is 10.6. The first-order chi connectivity index (χ1) is 19.0. The number of para-hydroxylation sites is 2. The molecule has 190 valence electrons. The Kier molecular flexibility index (Phi) is 5.45. The van der Waals surface area contributed by atoms with Crippen LogP contribution in [0.25, 0.3) is 21.9 Å². The molecule has 0 aliphatic carbocycles. The van der Waals surface area contributed by atoms with E-state index in [9.17, 15) is 10.5 Å². The predicted molar refractivity (Wildman–Crippen MR) is 162 cm³/mol. The average Bonchev–Trinajstić information content (AvgIpc) is 3.55. The SMILES string of the molecule is [B]n1c(C)c2/c(=C(\C#N)C3=Nc4ccccc4C3(C)C)n([B])c(C)c2/c1=C(\C#N)C1=Nc2ccccc2C1(C)C. The average molecular weight is 516 g/mol. The quantitative estimate of drug-likeness (QED) is 0.371. The number of fused-ring (bicyclic) bond motifs is 3. The largest absolute Gasteiger partial charge is 0.399 e. The van der Waals surface area contributed by atoms with Gasteiger partial charge in [-0.2, -0.15) is 10.5 Å². The Balaban J connectivity index is 1.74. The Morgan fingerprint density at radius 3 is 1.35 bits per heavy atom. The fourth-order valence-electron chi connectivity index (χ4n) is 6.40. The molecule has 6 nitrogen and oxygen atoms in total. The Hall–Kier alpha value is -4.55. The Labute approximate surface area is 236 Å². The van der Waals surface area contributed by atoms with Gasteiger partial charge in [0.1, 0.15) is 12.1 Å². The molecule has 0 atom stereocenters. The van der Waals surface area contributed by atoms with E-state index in [4.69, 9.17) is 25.9 Å². The molecule has 2 aliphatic heterocycles. The molecular formula is C32H26B2N6. The molecule has 8 heteroatoms. The fourth-order valence-corrected chi connectivity index (χ4v) is 6.40. The second-order valence-corrected chi connectivity index (χ2v) is 11.5. The lowest BCUT2D eigenvalue weighted by molar-refractivity contribution is 0.741. The number of nitrogens with zero attached hydrogens (tertiary/aromatic N) is 6. The summed E-state index contributed by atoms with van der Waals surface area (Å²) in [5.41, 5.74) is 6.21. The van der Waals surface area contributed by atoms with Crippen LogP contribution in [0.15, 0.2) is 58.5 Å². The van der Waals surface area contributed by atoms with Gasteiger partial charge in [-0.05, 0) is 37.1 Å². The summed E-state index contributed by atoms with van der Waals surface area (Å²) in [6, 6.07) is 20.7. The second-order valence-electron chi connectivity index (χ2n) is 11.5. The van der Waals surface area contributed by atoms with Crippen LogP contribution in [0.3, 0.4) is 0 Å². The zero-order chi connectivity index (χ0) is 28.7. The van der Waals surface area contributed by atoms with Gasteiger partial charge in [0.05, 0.1) is 44.6 Å². The van der Waals surface area contributed by atoms with E-state index in [1.54, 1.807) is 0 Å². The lowest BCUT2D eigenvalue weighted by Gasteiger charge is -2.22. The highest BCUT2D eigenvalue weighted by molar-refractivity contribution is 6.33. The summed E-state index contributed by atoms with van der Waals surface area (Å²) in [4.78, 5) is 9.80. The lowest BCUT2D eigenvalue weighted by Crippen LogP contribution is -2.32. The number of hydrogen-bond donors (Lipinski definition) is 0. The van der Waals surface area contributed by atoms with Gasteiger partial charge in [-0.3, -0.25) is 9.98 Å². The third-order valence-electron chi connectivity index (χ3n) is 8.63. The number of rotatable bonds is 2. The standard InChI is InChI=1S/C32H26B2N6/c1-17-25-26(28(39(17)33)20(16-36)30-32(5,6)22-12-8-10-14-24(22)38-30)18(2)40(34)27(25)19(15-35)29-31(3,4)21-11-7-9-13-23(21)37-29/h7-14H,1-6H3/b27-19-,28-20-. The van der Waals surface area contributed by atoms with Gasteiger partial charge in [0, 0.05) is 33.0 Å². The molecule has 0 fully saturated rings. The summed E-state index contributed by atoms with van der Waals surface area (Å²) < 4.78 is 3.07. The highest BCUT2D eigenvalue weighted by atomic mass is 14.9. The van der Waals surface area contributed by atoms with Crippen LogP contribution < -0.4 is 10.7 Å². The summed E-state index contributed by atoms with van der Waals surface area (Å²) in [6.45, 7) is 12.0. The number of aryl methyl sites for hydroxylation is 2. The van der Waals surface area contributed by atoms with Crippen molar-refractivity contribution in [2.45, 2.75) is 52.4 Å². The molecule has 0 saturated carbocycles. The number of aliphatic imine (C=N–C) groups is 2. The van der Waals surface area contributed by atoms with Crippen LogP contribution in [0.2, 0.25) is 0 Å². The zero-order valence-electron chi connectivity index (χ0n) is 23.5. The van der Waals surface area contributed by atoms with Crippen LogP contribution in [-0.2, 0) is 10.8 Å². The monoisotopic (exact) mass is 516 g/mol. The molecule has 0 unspecified atom stereocenters. The van der Waals surface area contributed by atoms with Crippen molar-refractivity contribution in [3.63, 3.8) is 0 Å². The van der Waals surface area contributed by atoms with Crippen LogP contribution in [0.1, 0.15) is 50.2 Å². The maximum atomic E-state index is 10.6. The summed E-state index contributed by atoms with van der Waals surface area (Å²) in [5, 5.41) is 23.6. The normalized spacial score (nSPS) is 17.9. The topological polar surface area (TPSA) is 82.2 Å². The molecule has 0 spiro atoms. The molecule has 4 aromatic rings. The first kappa shape index (κ1) is 25.7. The van der Waals surface area contributed by atoms with E-state index in [1.807, 2.05) is 62.4 Å². The van der Waals surface area contributed by atoms with Crippen molar-refractivity contribution in [3.05, 3.63) is 81.7 Å². The Bertz CT molecular complexity index is 1920. The van der Waals surface area contributed by atoms with Crippen LogP contribution in [0, 0.1) is 36.5 Å². The second kappa shape index (κ2) is 8.47. The van der Waals surface area contributed by atoms with Gasteiger partial charge >= 0.3 is 0 Å². The molecule has 2 aromatic carbocycles. The van der Waals surface area contributed by atoms with Crippen molar-refractivity contribution >= 4 is 60.7 Å². The van der Waals surface area contributed by atoms with E-state index in [-0.39, 0.29) is 0 Å². The molecule has 0 bridgehead atoms. The summed E-state index contributed by atoms with van der Waals surface area (Å²) in [6.07, 6.45) is 0. The van der Waals surface area contributed by atoms with E-state index in [2.05, 4.69) is 39.8 Å². The highest BCUT2D eigenvalue weighted by Crippen LogP contribution is 2.43. The Morgan fingerprint density at radius 1 is 0.675 bits per heavy atom. The van der Waals surface area contributed by atoms with Gasteiger partial charge in [0.2, 0.25) is 16.0 Å². The minimum absolute atomic E-state index is 0.381.